The molecule has 3 rings (SSSR count). The van der Waals surface area contributed by atoms with Gasteiger partial charge in [0.05, 0.1) is 26.5 Å². The Kier molecular flexibility index (Phi) is 10.0. The van der Waals surface area contributed by atoms with E-state index in [0.717, 1.165) is 11.3 Å². The molecule has 3 aromatic rings. The van der Waals surface area contributed by atoms with Gasteiger partial charge in [-0.05, 0) is 69.2 Å². The first-order chi connectivity index (χ1) is 18.6. The number of hydrogen-bond acceptors (Lipinski definition) is 6. The first-order valence-corrected chi connectivity index (χ1v) is 12.6. The molecule has 0 aliphatic rings. The molecule has 0 bridgehead atoms. The molecule has 1 atom stereocenters. The largest absolute Gasteiger partial charge is 0.497 e. The third-order valence-electron chi connectivity index (χ3n) is 5.98. The van der Waals surface area contributed by atoms with Crippen molar-refractivity contribution in [3.8, 4) is 23.0 Å². The summed E-state index contributed by atoms with van der Waals surface area (Å²) in [6.45, 7) is 5.66. The molecule has 1 unspecified atom stereocenters. The van der Waals surface area contributed by atoms with Gasteiger partial charge < -0.3 is 34.3 Å². The maximum Gasteiger partial charge on any atom is 0.347 e. The van der Waals surface area contributed by atoms with E-state index in [1.54, 1.807) is 42.3 Å². The van der Waals surface area contributed by atoms with E-state index in [1.807, 2.05) is 49.4 Å². The summed E-state index contributed by atoms with van der Waals surface area (Å²) >= 11 is 0. The highest BCUT2D eigenvalue weighted by molar-refractivity contribution is 5.91. The third-order valence-corrected chi connectivity index (χ3v) is 5.98. The third kappa shape index (κ3) is 8.56. The van der Waals surface area contributed by atoms with Crippen LogP contribution in [0.5, 0.6) is 23.0 Å². The van der Waals surface area contributed by atoms with Gasteiger partial charge >= 0.3 is 12.0 Å². The van der Waals surface area contributed by atoms with Gasteiger partial charge in [0.15, 0.2) is 5.60 Å². The van der Waals surface area contributed by atoms with E-state index in [4.69, 9.17) is 18.9 Å². The van der Waals surface area contributed by atoms with Crippen molar-refractivity contribution in [1.29, 1.82) is 0 Å². The average Bonchev–Trinajstić information content (AvgIpc) is 2.92. The fourth-order valence-electron chi connectivity index (χ4n) is 3.78. The maximum absolute atomic E-state index is 13.4. The van der Waals surface area contributed by atoms with Crippen LogP contribution in [0, 0.1) is 0 Å². The van der Waals surface area contributed by atoms with E-state index in [9.17, 15) is 14.7 Å². The number of benzene rings is 3. The Hall–Kier alpha value is -4.40. The number of carbonyl (C=O) groups is 2. The van der Waals surface area contributed by atoms with Gasteiger partial charge in [-0.1, -0.05) is 30.3 Å². The van der Waals surface area contributed by atoms with Gasteiger partial charge in [0.1, 0.15) is 29.1 Å². The van der Waals surface area contributed by atoms with Crippen molar-refractivity contribution >= 4 is 17.7 Å². The Labute approximate surface area is 229 Å². The summed E-state index contributed by atoms with van der Waals surface area (Å²) in [4.78, 5) is 26.5. The number of carboxylic acids is 1. The monoisotopic (exact) mass is 536 g/mol. The number of para-hydroxylation sites is 1. The van der Waals surface area contributed by atoms with Crippen molar-refractivity contribution in [2.24, 2.45) is 0 Å². The number of carbonyl (C=O) groups excluding carboxylic acids is 1. The van der Waals surface area contributed by atoms with Crippen molar-refractivity contribution < 1.29 is 33.6 Å². The number of nitrogens with one attached hydrogen (secondary N) is 1. The quantitative estimate of drug-likeness (QED) is 0.298. The van der Waals surface area contributed by atoms with Crippen LogP contribution in [0.4, 0.5) is 10.5 Å². The molecule has 9 heteroatoms. The lowest BCUT2D eigenvalue weighted by molar-refractivity contribution is -0.152. The summed E-state index contributed by atoms with van der Waals surface area (Å²) in [5, 5.41) is 12.2. The molecule has 3 aromatic carbocycles. The number of aliphatic carboxylic acids is 1. The van der Waals surface area contributed by atoms with Crippen LogP contribution in [-0.4, -0.2) is 61.0 Å². The normalized spacial score (nSPS) is 11.7. The molecular weight excluding hydrogens is 500 g/mol. The van der Waals surface area contributed by atoms with Gasteiger partial charge in [-0.3, -0.25) is 0 Å². The summed E-state index contributed by atoms with van der Waals surface area (Å²) < 4.78 is 22.3. The van der Waals surface area contributed by atoms with Crippen LogP contribution < -0.4 is 24.3 Å². The van der Waals surface area contributed by atoms with Gasteiger partial charge in [0.25, 0.3) is 0 Å². The number of methoxy groups -OCH3 is 2. The van der Waals surface area contributed by atoms with Crippen molar-refractivity contribution in [1.82, 2.24) is 4.90 Å². The van der Waals surface area contributed by atoms with Crippen LogP contribution in [0.15, 0.2) is 72.8 Å². The fourth-order valence-corrected chi connectivity index (χ4v) is 3.78. The number of anilines is 1. The van der Waals surface area contributed by atoms with Gasteiger partial charge in [0.2, 0.25) is 0 Å². The van der Waals surface area contributed by atoms with E-state index >= 15 is 0 Å². The standard InChI is InChI=1S/C30H36N2O7/c1-21(38-23-9-7-6-8-10-23)20-32(29(35)31-26-16-15-25(36-4)19-27(26)37-5)18-17-22-11-13-24(14-12-22)39-30(2,3)28(33)34/h6-16,19,21H,17-18,20H2,1-5H3,(H,31,35)(H,33,34). The average molecular weight is 537 g/mol. The van der Waals surface area contributed by atoms with Gasteiger partial charge in [-0.25, -0.2) is 9.59 Å². The van der Waals surface area contributed by atoms with E-state index in [-0.39, 0.29) is 12.1 Å². The van der Waals surface area contributed by atoms with Crippen molar-refractivity contribution in [3.63, 3.8) is 0 Å². The number of urea groups is 1. The van der Waals surface area contributed by atoms with E-state index in [0.29, 0.717) is 42.4 Å². The summed E-state index contributed by atoms with van der Waals surface area (Å²) in [6.07, 6.45) is 0.290. The Bertz CT molecular complexity index is 1230. The molecule has 0 fully saturated rings. The second kappa shape index (κ2) is 13.4. The molecular formula is C30H36N2O7. The summed E-state index contributed by atoms with van der Waals surface area (Å²) in [7, 11) is 3.09. The molecule has 2 N–H and O–H groups in total. The minimum atomic E-state index is -1.34. The van der Waals surface area contributed by atoms with Crippen LogP contribution in [0.3, 0.4) is 0 Å². The van der Waals surface area contributed by atoms with Gasteiger partial charge in [-0.15, -0.1) is 0 Å². The molecule has 9 nitrogen and oxygen atoms in total. The Balaban J connectivity index is 1.72. The van der Waals surface area contributed by atoms with Crippen LogP contribution in [-0.2, 0) is 11.2 Å². The molecule has 0 heterocycles. The lowest BCUT2D eigenvalue weighted by Gasteiger charge is -2.27. The first kappa shape index (κ1) is 29.2. The number of amides is 2. The molecule has 2 amide bonds. The zero-order valence-electron chi connectivity index (χ0n) is 23.0. The second-order valence-corrected chi connectivity index (χ2v) is 9.50. The summed E-state index contributed by atoms with van der Waals surface area (Å²) in [5.74, 6) is 1.23. The zero-order valence-corrected chi connectivity index (χ0v) is 23.0. The van der Waals surface area contributed by atoms with Crippen molar-refractivity contribution in [3.05, 3.63) is 78.4 Å². The Morgan fingerprint density at radius 2 is 1.59 bits per heavy atom. The van der Waals surface area contributed by atoms with Crippen molar-refractivity contribution in [2.75, 3.05) is 32.6 Å². The second-order valence-electron chi connectivity index (χ2n) is 9.50. The molecule has 0 saturated carbocycles. The highest BCUT2D eigenvalue weighted by Gasteiger charge is 2.29. The Morgan fingerprint density at radius 3 is 2.21 bits per heavy atom. The summed E-state index contributed by atoms with van der Waals surface area (Å²) in [6, 6.07) is 21.5. The molecule has 39 heavy (non-hydrogen) atoms. The predicted octanol–water partition coefficient (Wildman–Crippen LogP) is 5.49. The van der Waals surface area contributed by atoms with E-state index in [1.165, 1.54) is 21.0 Å². The molecule has 0 saturated heterocycles. The van der Waals surface area contributed by atoms with Crippen LogP contribution in [0.25, 0.3) is 0 Å². The summed E-state index contributed by atoms with van der Waals surface area (Å²) in [5.41, 5.74) is 0.146. The van der Waals surface area contributed by atoms with Crippen LogP contribution in [0.1, 0.15) is 26.3 Å². The van der Waals surface area contributed by atoms with Gasteiger partial charge in [-0.2, -0.15) is 0 Å². The first-order valence-electron chi connectivity index (χ1n) is 12.6. The molecule has 0 aliphatic carbocycles. The minimum absolute atomic E-state index is 0.273. The zero-order chi connectivity index (χ0) is 28.4. The molecule has 208 valence electrons. The number of rotatable bonds is 13. The fraction of sp³-hybridized carbons (Fsp3) is 0.333. The van der Waals surface area contributed by atoms with Crippen molar-refractivity contribution in [2.45, 2.75) is 38.9 Å². The lowest BCUT2D eigenvalue weighted by atomic mass is 10.1. The highest BCUT2D eigenvalue weighted by atomic mass is 16.5. The number of nitrogens with zero attached hydrogens (tertiary/aromatic N) is 1. The maximum atomic E-state index is 13.4. The SMILES string of the molecule is COc1ccc(NC(=O)N(CCc2ccc(OC(C)(C)C(=O)O)cc2)CC(C)Oc2ccccc2)c(OC)c1. The number of carboxylic acid groups (broad SMARTS) is 1. The molecule has 0 aliphatic heterocycles. The van der Waals surface area contributed by atoms with Gasteiger partial charge in [0, 0.05) is 12.6 Å². The van der Waals surface area contributed by atoms with E-state index < -0.39 is 11.6 Å². The predicted molar refractivity (Wildman–Crippen MR) is 149 cm³/mol. The highest BCUT2D eigenvalue weighted by Crippen LogP contribution is 2.29. The minimum Gasteiger partial charge on any atom is -0.497 e. The molecule has 0 spiro atoms. The van der Waals surface area contributed by atoms with Crippen LogP contribution in [0.2, 0.25) is 0 Å². The number of hydrogen-bond donors (Lipinski definition) is 2. The molecule has 0 aromatic heterocycles. The topological polar surface area (TPSA) is 107 Å². The van der Waals surface area contributed by atoms with E-state index in [2.05, 4.69) is 5.32 Å². The molecule has 0 radical (unpaired) electrons. The Morgan fingerprint density at radius 1 is 0.923 bits per heavy atom. The lowest BCUT2D eigenvalue weighted by Crippen LogP contribution is -2.42. The smallest absolute Gasteiger partial charge is 0.347 e. The number of ether oxygens (including phenoxy) is 4. The van der Waals surface area contributed by atoms with Crippen LogP contribution >= 0.6 is 0 Å².